The minimum absolute atomic E-state index is 0.0286. The van der Waals surface area contributed by atoms with Gasteiger partial charge in [0.15, 0.2) is 0 Å². The minimum Gasteiger partial charge on any atom is -0.449 e. The molecule has 0 aliphatic rings. The lowest BCUT2D eigenvalue weighted by Crippen LogP contribution is -2.33. The highest BCUT2D eigenvalue weighted by Gasteiger charge is 2.08. The van der Waals surface area contributed by atoms with Crippen LogP contribution >= 0.6 is 0 Å². The number of unbranched alkanes of at least 4 members (excludes halogenated alkanes) is 1. The van der Waals surface area contributed by atoms with Crippen LogP contribution in [0, 0.1) is 0 Å². The molecule has 1 atom stereocenters. The van der Waals surface area contributed by atoms with Gasteiger partial charge < -0.3 is 29.6 Å². The molecule has 0 fully saturated rings. The number of hydrogen-bond acceptors (Lipinski definition) is 6. The first-order valence-corrected chi connectivity index (χ1v) is 8.42. The highest BCUT2D eigenvalue weighted by atomic mass is 16.6. The second-order valence-electron chi connectivity index (χ2n) is 5.43. The van der Waals surface area contributed by atoms with Crippen LogP contribution in [0.2, 0.25) is 0 Å². The van der Waals surface area contributed by atoms with E-state index in [9.17, 15) is 9.59 Å². The van der Waals surface area contributed by atoms with E-state index in [1.54, 1.807) is 14.2 Å². The average Bonchev–Trinajstić information content (AvgIpc) is 2.55. The fourth-order valence-corrected chi connectivity index (χ4v) is 1.87. The normalized spacial score (nSPS) is 11.6. The summed E-state index contributed by atoms with van der Waals surface area (Å²) in [5.41, 5.74) is 0. The zero-order valence-electron chi connectivity index (χ0n) is 15.1. The zero-order valence-corrected chi connectivity index (χ0v) is 15.1. The van der Waals surface area contributed by atoms with Crippen molar-refractivity contribution < 1.29 is 28.5 Å². The Hall–Kier alpha value is -1.54. The van der Waals surface area contributed by atoms with Gasteiger partial charge in [-0.15, -0.1) is 0 Å². The lowest BCUT2D eigenvalue weighted by molar-refractivity contribution is 0.121. The van der Waals surface area contributed by atoms with Gasteiger partial charge in [0.2, 0.25) is 0 Å². The highest BCUT2D eigenvalue weighted by Crippen LogP contribution is 2.00. The smallest absolute Gasteiger partial charge is 0.407 e. The molecule has 0 aromatic carbocycles. The number of carbonyl (C=O) groups excluding carboxylic acids is 2. The van der Waals surface area contributed by atoms with E-state index in [1.165, 1.54) is 0 Å². The fraction of sp³-hybridized carbons (Fsp3) is 0.875. The molecule has 2 N–H and O–H groups in total. The summed E-state index contributed by atoms with van der Waals surface area (Å²) in [5.74, 6) is 0. The van der Waals surface area contributed by atoms with Crippen molar-refractivity contribution in [2.45, 2.75) is 45.1 Å². The summed E-state index contributed by atoms with van der Waals surface area (Å²) < 4.78 is 19.7. The van der Waals surface area contributed by atoms with Crippen LogP contribution in [0.4, 0.5) is 9.59 Å². The molecule has 0 aromatic heterocycles. The molecule has 0 saturated heterocycles. The van der Waals surface area contributed by atoms with Crippen LogP contribution in [0.15, 0.2) is 0 Å². The second kappa shape index (κ2) is 16.3. The van der Waals surface area contributed by atoms with Crippen molar-refractivity contribution in [1.82, 2.24) is 10.6 Å². The third kappa shape index (κ3) is 15.4. The van der Waals surface area contributed by atoms with Crippen LogP contribution in [0.3, 0.4) is 0 Å². The Labute approximate surface area is 144 Å². The summed E-state index contributed by atoms with van der Waals surface area (Å²) in [6.07, 6.45) is 3.09. The standard InChI is InChI=1S/C16H32N2O6/c1-14(18-16(20)24-13-7-11-22-3)8-4-5-9-17-15(19)23-12-6-10-21-2/h14H,4-13H2,1-3H3,(H,17,19)(H,18,20). The third-order valence-electron chi connectivity index (χ3n) is 3.15. The number of methoxy groups -OCH3 is 2. The fourth-order valence-electron chi connectivity index (χ4n) is 1.87. The van der Waals surface area contributed by atoms with E-state index in [1.807, 2.05) is 6.92 Å². The van der Waals surface area contributed by atoms with Gasteiger partial charge >= 0.3 is 12.2 Å². The molecule has 142 valence electrons. The number of amides is 2. The maximum Gasteiger partial charge on any atom is 0.407 e. The van der Waals surface area contributed by atoms with Gasteiger partial charge in [0.05, 0.1) is 13.2 Å². The van der Waals surface area contributed by atoms with Crippen molar-refractivity contribution in [2.24, 2.45) is 0 Å². The summed E-state index contributed by atoms with van der Waals surface area (Å²) in [5, 5.41) is 5.46. The molecular formula is C16H32N2O6. The number of alkyl carbamates (subject to hydrolysis) is 2. The van der Waals surface area contributed by atoms with Gasteiger partial charge in [-0.1, -0.05) is 0 Å². The van der Waals surface area contributed by atoms with Crippen LogP contribution in [-0.4, -0.2) is 65.4 Å². The Morgan fingerprint density at radius 3 is 2.00 bits per heavy atom. The topological polar surface area (TPSA) is 95.1 Å². The Kier molecular flexibility index (Phi) is 15.3. The number of hydrogen-bond donors (Lipinski definition) is 2. The monoisotopic (exact) mass is 348 g/mol. The number of carbonyl (C=O) groups is 2. The third-order valence-corrected chi connectivity index (χ3v) is 3.15. The number of nitrogens with one attached hydrogen (secondary N) is 2. The molecule has 0 saturated carbocycles. The van der Waals surface area contributed by atoms with E-state index in [-0.39, 0.29) is 6.04 Å². The molecule has 0 spiro atoms. The lowest BCUT2D eigenvalue weighted by Gasteiger charge is -2.14. The zero-order chi connectivity index (χ0) is 18.0. The van der Waals surface area contributed by atoms with Gasteiger partial charge in [-0.2, -0.15) is 0 Å². The second-order valence-corrected chi connectivity index (χ2v) is 5.43. The van der Waals surface area contributed by atoms with Crippen LogP contribution in [0.25, 0.3) is 0 Å². The van der Waals surface area contributed by atoms with E-state index >= 15 is 0 Å². The van der Waals surface area contributed by atoms with Gasteiger partial charge in [-0.05, 0) is 26.2 Å². The SMILES string of the molecule is COCCCOC(=O)NCCCCC(C)NC(=O)OCCCOC. The van der Waals surface area contributed by atoms with E-state index < -0.39 is 12.2 Å². The van der Waals surface area contributed by atoms with Crippen molar-refractivity contribution in [3.8, 4) is 0 Å². The summed E-state index contributed by atoms with van der Waals surface area (Å²) in [7, 11) is 3.22. The van der Waals surface area contributed by atoms with Gasteiger partial charge in [0.1, 0.15) is 0 Å². The first kappa shape index (κ1) is 22.5. The molecule has 24 heavy (non-hydrogen) atoms. The molecule has 8 heteroatoms. The molecule has 0 radical (unpaired) electrons. The van der Waals surface area contributed by atoms with Gasteiger partial charge in [0.25, 0.3) is 0 Å². The summed E-state index contributed by atoms with van der Waals surface area (Å²) in [4.78, 5) is 22.8. The van der Waals surface area contributed by atoms with Crippen LogP contribution in [0.1, 0.15) is 39.0 Å². The first-order valence-electron chi connectivity index (χ1n) is 8.42. The highest BCUT2D eigenvalue weighted by molar-refractivity contribution is 5.67. The van der Waals surface area contributed by atoms with E-state index in [4.69, 9.17) is 18.9 Å². The Bertz CT molecular complexity index is 328. The molecule has 0 bridgehead atoms. The molecule has 0 aromatic rings. The van der Waals surface area contributed by atoms with Crippen molar-refractivity contribution in [1.29, 1.82) is 0 Å². The maximum atomic E-state index is 11.5. The van der Waals surface area contributed by atoms with E-state index in [2.05, 4.69) is 10.6 Å². The molecule has 2 amide bonds. The number of rotatable bonds is 14. The predicted molar refractivity (Wildman–Crippen MR) is 90.1 cm³/mol. The van der Waals surface area contributed by atoms with Crippen LogP contribution in [-0.2, 0) is 18.9 Å². The van der Waals surface area contributed by atoms with Crippen molar-refractivity contribution in [2.75, 3.05) is 47.2 Å². The van der Waals surface area contributed by atoms with Crippen molar-refractivity contribution >= 4 is 12.2 Å². The lowest BCUT2D eigenvalue weighted by atomic mass is 10.1. The van der Waals surface area contributed by atoms with Crippen LogP contribution in [0.5, 0.6) is 0 Å². The first-order chi connectivity index (χ1) is 11.6. The minimum atomic E-state index is -0.406. The summed E-state index contributed by atoms with van der Waals surface area (Å²) in [6.45, 7) is 4.33. The predicted octanol–water partition coefficient (Wildman–Crippen LogP) is 2.07. The Morgan fingerprint density at radius 2 is 1.42 bits per heavy atom. The van der Waals surface area contributed by atoms with Crippen LogP contribution < -0.4 is 10.6 Å². The molecule has 1 unspecified atom stereocenters. The quantitative estimate of drug-likeness (QED) is 0.467. The number of ether oxygens (including phenoxy) is 4. The summed E-state index contributed by atoms with van der Waals surface area (Å²) >= 11 is 0. The Balaban J connectivity index is 3.46. The molecule has 8 nitrogen and oxygen atoms in total. The van der Waals surface area contributed by atoms with Gasteiger partial charge in [-0.25, -0.2) is 9.59 Å². The maximum absolute atomic E-state index is 11.5. The average molecular weight is 348 g/mol. The molecule has 0 rings (SSSR count). The van der Waals surface area contributed by atoms with E-state index in [0.29, 0.717) is 45.8 Å². The molecule has 0 aliphatic heterocycles. The molecule has 0 aliphatic carbocycles. The summed E-state index contributed by atoms with van der Waals surface area (Å²) in [6, 6.07) is 0.0286. The molecular weight excluding hydrogens is 316 g/mol. The van der Waals surface area contributed by atoms with Gasteiger partial charge in [0, 0.05) is 52.9 Å². The Morgan fingerprint density at radius 1 is 0.833 bits per heavy atom. The largest absolute Gasteiger partial charge is 0.449 e. The van der Waals surface area contributed by atoms with Crippen molar-refractivity contribution in [3.63, 3.8) is 0 Å². The van der Waals surface area contributed by atoms with Crippen molar-refractivity contribution in [3.05, 3.63) is 0 Å². The molecule has 0 heterocycles. The van der Waals surface area contributed by atoms with Gasteiger partial charge in [-0.3, -0.25) is 0 Å². The van der Waals surface area contributed by atoms with E-state index in [0.717, 1.165) is 19.3 Å².